The zero-order valence-corrected chi connectivity index (χ0v) is 11.8. The second-order valence-corrected chi connectivity index (χ2v) is 5.76. The Bertz CT molecular complexity index is 525. The lowest BCUT2D eigenvalue weighted by molar-refractivity contribution is 0.608. The molecule has 1 heterocycles. The topological polar surface area (TPSA) is 0 Å². The van der Waals surface area contributed by atoms with Gasteiger partial charge in [0.2, 0.25) is 0 Å². The number of hydrogen-bond donors (Lipinski definition) is 0. The minimum absolute atomic E-state index is 0.171. The van der Waals surface area contributed by atoms with Crippen molar-refractivity contribution in [3.8, 4) is 0 Å². The van der Waals surface area contributed by atoms with Crippen molar-refractivity contribution in [2.24, 2.45) is 0 Å². The molecule has 2 rings (SSSR count). The third kappa shape index (κ3) is 2.49. The zero-order valence-electron chi connectivity index (χ0n) is 9.43. The molecule has 1 atom stereocenters. The third-order valence-electron chi connectivity index (χ3n) is 2.63. The van der Waals surface area contributed by atoms with E-state index in [1.165, 1.54) is 11.3 Å². The van der Waals surface area contributed by atoms with Gasteiger partial charge in [0.15, 0.2) is 0 Å². The van der Waals surface area contributed by atoms with Gasteiger partial charge >= 0.3 is 0 Å². The van der Waals surface area contributed by atoms with E-state index in [1.54, 1.807) is 26.0 Å². The van der Waals surface area contributed by atoms with Crippen molar-refractivity contribution in [2.45, 2.75) is 19.2 Å². The SMILES string of the molecule is Cc1cc(C(Cl)c2sccc2Cl)cc(C)c1F. The molecule has 0 aliphatic carbocycles. The molecule has 17 heavy (non-hydrogen) atoms. The average molecular weight is 289 g/mol. The van der Waals surface area contributed by atoms with Crippen LogP contribution in [0.25, 0.3) is 0 Å². The molecule has 0 bridgehead atoms. The largest absolute Gasteiger partial charge is 0.206 e. The van der Waals surface area contributed by atoms with Crippen molar-refractivity contribution in [3.05, 3.63) is 56.0 Å². The number of halogens is 3. The van der Waals surface area contributed by atoms with E-state index >= 15 is 0 Å². The Balaban J connectivity index is 2.45. The van der Waals surface area contributed by atoms with Crippen LogP contribution in [0.15, 0.2) is 23.6 Å². The summed E-state index contributed by atoms with van der Waals surface area (Å²) in [5, 5.41) is 2.24. The zero-order chi connectivity index (χ0) is 12.6. The van der Waals surface area contributed by atoms with Crippen molar-refractivity contribution in [3.63, 3.8) is 0 Å². The number of rotatable bonds is 2. The van der Waals surface area contributed by atoms with E-state index in [-0.39, 0.29) is 11.2 Å². The highest BCUT2D eigenvalue weighted by atomic mass is 35.5. The van der Waals surface area contributed by atoms with E-state index in [9.17, 15) is 4.39 Å². The van der Waals surface area contributed by atoms with Crippen LogP contribution in [-0.2, 0) is 0 Å². The van der Waals surface area contributed by atoms with Crippen molar-refractivity contribution in [1.29, 1.82) is 0 Å². The molecule has 0 nitrogen and oxygen atoms in total. The fourth-order valence-corrected chi connectivity index (χ4v) is 3.38. The van der Waals surface area contributed by atoms with Crippen LogP contribution in [0.4, 0.5) is 4.39 Å². The fourth-order valence-electron chi connectivity index (χ4n) is 1.76. The lowest BCUT2D eigenvalue weighted by atomic mass is 10.0. The molecule has 0 saturated heterocycles. The molecular formula is C13H11Cl2FS. The van der Waals surface area contributed by atoms with Crippen LogP contribution in [-0.4, -0.2) is 0 Å². The van der Waals surface area contributed by atoms with Crippen LogP contribution in [0.5, 0.6) is 0 Å². The van der Waals surface area contributed by atoms with Gasteiger partial charge in [0.1, 0.15) is 5.82 Å². The second-order valence-electron chi connectivity index (χ2n) is 3.96. The Morgan fingerprint density at radius 3 is 2.29 bits per heavy atom. The molecule has 2 aromatic rings. The quantitative estimate of drug-likeness (QED) is 0.642. The Kier molecular flexibility index (Phi) is 3.76. The molecule has 0 fully saturated rings. The summed E-state index contributed by atoms with van der Waals surface area (Å²) in [7, 11) is 0. The molecule has 1 aromatic carbocycles. The summed E-state index contributed by atoms with van der Waals surface area (Å²) in [6.45, 7) is 3.48. The van der Waals surface area contributed by atoms with Crippen molar-refractivity contribution in [1.82, 2.24) is 0 Å². The standard InChI is InChI=1S/C13H11Cl2FS/c1-7-5-9(6-8(2)12(7)16)11(15)13-10(14)3-4-17-13/h3-6,11H,1-2H3. The van der Waals surface area contributed by atoms with Gasteiger partial charge < -0.3 is 0 Å². The maximum absolute atomic E-state index is 13.5. The summed E-state index contributed by atoms with van der Waals surface area (Å²) in [5.41, 5.74) is 2.10. The molecule has 1 unspecified atom stereocenters. The molecular weight excluding hydrogens is 278 g/mol. The number of benzene rings is 1. The summed E-state index contributed by atoms with van der Waals surface area (Å²) in [4.78, 5) is 0.902. The molecule has 0 spiro atoms. The highest BCUT2D eigenvalue weighted by Gasteiger charge is 2.17. The van der Waals surface area contributed by atoms with Crippen LogP contribution >= 0.6 is 34.5 Å². The Labute approximate surface area is 114 Å². The van der Waals surface area contributed by atoms with E-state index < -0.39 is 0 Å². The summed E-state index contributed by atoms with van der Waals surface area (Å²) in [5.74, 6) is -0.171. The van der Waals surface area contributed by atoms with E-state index in [4.69, 9.17) is 23.2 Å². The summed E-state index contributed by atoms with van der Waals surface area (Å²) in [6, 6.07) is 5.37. The number of thiophene rings is 1. The molecule has 0 aliphatic rings. The lowest BCUT2D eigenvalue weighted by Crippen LogP contribution is -1.96. The minimum Gasteiger partial charge on any atom is -0.206 e. The van der Waals surface area contributed by atoms with Crippen molar-refractivity contribution >= 4 is 34.5 Å². The van der Waals surface area contributed by atoms with Gasteiger partial charge in [-0.3, -0.25) is 0 Å². The molecule has 90 valence electrons. The number of aryl methyl sites for hydroxylation is 2. The van der Waals surface area contributed by atoms with Crippen LogP contribution in [0.1, 0.15) is 26.9 Å². The minimum atomic E-state index is -0.319. The summed E-state index contributed by atoms with van der Waals surface area (Å²) >= 11 is 13.9. The summed E-state index contributed by atoms with van der Waals surface area (Å²) < 4.78 is 13.5. The average Bonchev–Trinajstić information content (AvgIpc) is 2.70. The van der Waals surface area contributed by atoms with Crippen molar-refractivity contribution in [2.75, 3.05) is 0 Å². The number of alkyl halides is 1. The van der Waals surface area contributed by atoms with Gasteiger partial charge in [-0.15, -0.1) is 22.9 Å². The van der Waals surface area contributed by atoms with Gasteiger partial charge in [-0.2, -0.15) is 0 Å². The maximum atomic E-state index is 13.5. The molecule has 0 aliphatic heterocycles. The Morgan fingerprint density at radius 2 is 1.82 bits per heavy atom. The maximum Gasteiger partial charge on any atom is 0.129 e. The van der Waals surface area contributed by atoms with E-state index in [1.807, 2.05) is 11.4 Å². The molecule has 4 heteroatoms. The first-order valence-electron chi connectivity index (χ1n) is 5.14. The predicted molar refractivity (Wildman–Crippen MR) is 72.9 cm³/mol. The first-order chi connectivity index (χ1) is 8.00. The molecule has 0 N–H and O–H groups in total. The highest BCUT2D eigenvalue weighted by Crippen LogP contribution is 2.38. The predicted octanol–water partition coefficient (Wildman–Crippen LogP) is 5.49. The van der Waals surface area contributed by atoms with Gasteiger partial charge in [0, 0.05) is 4.88 Å². The first-order valence-corrected chi connectivity index (χ1v) is 6.83. The normalized spacial score (nSPS) is 12.8. The molecule has 0 saturated carbocycles. The van der Waals surface area contributed by atoms with Gasteiger partial charge in [0.25, 0.3) is 0 Å². The first kappa shape index (κ1) is 12.9. The molecule has 0 radical (unpaired) electrons. The smallest absolute Gasteiger partial charge is 0.129 e. The number of hydrogen-bond acceptors (Lipinski definition) is 1. The van der Waals surface area contributed by atoms with Crippen LogP contribution in [0.3, 0.4) is 0 Å². The van der Waals surface area contributed by atoms with Crippen LogP contribution in [0.2, 0.25) is 5.02 Å². The van der Waals surface area contributed by atoms with E-state index in [0.29, 0.717) is 16.1 Å². The van der Waals surface area contributed by atoms with Crippen LogP contribution in [0, 0.1) is 19.7 Å². The second kappa shape index (κ2) is 4.97. The molecule has 0 amide bonds. The van der Waals surface area contributed by atoms with Gasteiger partial charge in [-0.25, -0.2) is 4.39 Å². The molecule has 1 aromatic heterocycles. The van der Waals surface area contributed by atoms with Gasteiger partial charge in [0.05, 0.1) is 10.4 Å². The Hall–Kier alpha value is -0.570. The van der Waals surface area contributed by atoms with Crippen LogP contribution < -0.4 is 0 Å². The van der Waals surface area contributed by atoms with Crippen molar-refractivity contribution < 1.29 is 4.39 Å². The lowest BCUT2D eigenvalue weighted by Gasteiger charge is -2.12. The highest BCUT2D eigenvalue weighted by molar-refractivity contribution is 7.11. The van der Waals surface area contributed by atoms with E-state index in [2.05, 4.69) is 0 Å². The fraction of sp³-hybridized carbons (Fsp3) is 0.231. The Morgan fingerprint density at radius 1 is 1.24 bits per heavy atom. The monoisotopic (exact) mass is 288 g/mol. The van der Waals surface area contributed by atoms with E-state index in [0.717, 1.165) is 10.4 Å². The van der Waals surface area contributed by atoms with Gasteiger partial charge in [-0.1, -0.05) is 23.7 Å². The van der Waals surface area contributed by atoms with Gasteiger partial charge in [-0.05, 0) is 42.0 Å². The summed E-state index contributed by atoms with van der Waals surface area (Å²) in [6.07, 6.45) is 0. The third-order valence-corrected chi connectivity index (χ3v) is 4.65.